The van der Waals surface area contributed by atoms with Crippen molar-refractivity contribution in [2.75, 3.05) is 6.61 Å². The third kappa shape index (κ3) is 13.6. The number of nitrogens with zero attached hydrogens (tertiary/aromatic N) is 2. The molecule has 486 valence electrons. The first-order valence-corrected chi connectivity index (χ1v) is 33.2. The number of ether oxygens (including phenoxy) is 2. The van der Waals surface area contributed by atoms with Crippen molar-refractivity contribution < 1.29 is 28.5 Å². The first-order chi connectivity index (χ1) is 42.4. The van der Waals surface area contributed by atoms with Crippen LogP contribution in [0.4, 0.5) is 8.78 Å². The van der Waals surface area contributed by atoms with Gasteiger partial charge >= 0.3 is 0 Å². The summed E-state index contributed by atoms with van der Waals surface area (Å²) in [6, 6.07) is 44.0. The molecule has 0 spiro atoms. The molecule has 10 aromatic rings. The highest BCUT2D eigenvalue weighted by atomic mass is 19.1. The zero-order chi connectivity index (χ0) is 67.5. The van der Waals surface area contributed by atoms with Crippen LogP contribution in [0.2, 0.25) is 0 Å². The summed E-state index contributed by atoms with van der Waals surface area (Å²) in [7, 11) is 0. The quantitative estimate of drug-likeness (QED) is 0.114. The predicted molar refractivity (Wildman–Crippen MR) is 385 cm³/mol. The van der Waals surface area contributed by atoms with Crippen molar-refractivity contribution >= 4 is 43.6 Å². The van der Waals surface area contributed by atoms with Crippen molar-refractivity contribution in [2.24, 2.45) is 10.8 Å². The van der Waals surface area contributed by atoms with Gasteiger partial charge in [0.15, 0.2) is 0 Å². The van der Waals surface area contributed by atoms with Crippen LogP contribution in [0.1, 0.15) is 212 Å². The molecule has 0 aliphatic heterocycles. The Labute approximate surface area is 548 Å². The lowest BCUT2D eigenvalue weighted by atomic mass is 9.71. The summed E-state index contributed by atoms with van der Waals surface area (Å²) in [6.45, 7) is 51.3. The molecule has 2 N–H and O–H groups in total. The van der Waals surface area contributed by atoms with Gasteiger partial charge in [0.2, 0.25) is 0 Å². The van der Waals surface area contributed by atoms with Crippen molar-refractivity contribution in [2.45, 2.75) is 217 Å². The van der Waals surface area contributed by atoms with Crippen LogP contribution in [-0.2, 0) is 32.5 Å². The van der Waals surface area contributed by atoms with Gasteiger partial charge < -0.3 is 28.8 Å². The lowest BCUT2D eigenvalue weighted by Gasteiger charge is -2.34. The molecule has 6 nitrogen and oxygen atoms in total. The maximum absolute atomic E-state index is 16.0. The Morgan fingerprint density at radius 2 is 0.685 bits per heavy atom. The molecule has 1 unspecified atom stereocenters. The fourth-order valence-corrected chi connectivity index (χ4v) is 14.3. The first-order valence-electron chi connectivity index (χ1n) is 33.2. The van der Waals surface area contributed by atoms with E-state index in [1.807, 2.05) is 19.1 Å². The molecular weight excluding hydrogens is 1140 g/mol. The summed E-state index contributed by atoms with van der Waals surface area (Å²) >= 11 is 0. The normalized spacial score (nSPS) is 13.7. The van der Waals surface area contributed by atoms with Gasteiger partial charge in [0.25, 0.3) is 0 Å². The molecule has 0 radical (unpaired) electrons. The van der Waals surface area contributed by atoms with E-state index in [0.717, 1.165) is 67.6 Å². The lowest BCUT2D eigenvalue weighted by Crippen LogP contribution is -2.25. The smallest absolute Gasteiger partial charge is 0.147 e. The number of rotatable bonds is 14. The number of phenols is 2. The number of phenolic OH excluding ortho intramolecular Hbond substituents is 2. The van der Waals surface area contributed by atoms with E-state index in [-0.39, 0.29) is 61.4 Å². The molecule has 0 bridgehead atoms. The fourth-order valence-electron chi connectivity index (χ4n) is 14.3. The average molecular weight is 1240 g/mol. The molecule has 0 aliphatic rings. The number of aromatic hydroxyl groups is 2. The highest BCUT2D eigenvalue weighted by Gasteiger charge is 2.34. The minimum atomic E-state index is -0.481. The zero-order valence-electron chi connectivity index (χ0n) is 59.5. The van der Waals surface area contributed by atoms with Gasteiger partial charge in [-0.15, -0.1) is 0 Å². The second kappa shape index (κ2) is 23.5. The molecule has 8 heteroatoms. The molecule has 1 atom stereocenters. The van der Waals surface area contributed by atoms with E-state index in [9.17, 15) is 10.2 Å². The second-order valence-corrected chi connectivity index (χ2v) is 34.5. The minimum Gasteiger partial charge on any atom is -0.505 e. The van der Waals surface area contributed by atoms with Gasteiger partial charge in [-0.1, -0.05) is 177 Å². The number of hydrogen-bond acceptors (Lipinski definition) is 4. The minimum absolute atomic E-state index is 0.00829. The van der Waals surface area contributed by atoms with E-state index >= 15 is 8.78 Å². The molecule has 0 amide bonds. The molecular formula is C84H102F2N2O4. The first kappa shape index (κ1) is 67.3. The predicted octanol–water partition coefficient (Wildman–Crippen LogP) is 23.8. The Kier molecular flexibility index (Phi) is 17.2. The van der Waals surface area contributed by atoms with Crippen LogP contribution in [0, 0.1) is 22.5 Å². The van der Waals surface area contributed by atoms with Crippen LogP contribution in [0.25, 0.3) is 77.2 Å². The highest BCUT2D eigenvalue weighted by molar-refractivity contribution is 6.11. The number of aromatic nitrogens is 2. The summed E-state index contributed by atoms with van der Waals surface area (Å²) in [5, 5.41) is 30.5. The fraction of sp³-hybridized carbons (Fsp3) is 0.429. The Balaban J connectivity index is 1.05. The monoisotopic (exact) mass is 1240 g/mol. The Bertz CT molecular complexity index is 4330. The summed E-state index contributed by atoms with van der Waals surface area (Å²) < 4.78 is 50.0. The lowest BCUT2D eigenvalue weighted by molar-refractivity contribution is 0.177. The molecule has 2 aromatic heterocycles. The molecule has 8 aromatic carbocycles. The summed E-state index contributed by atoms with van der Waals surface area (Å²) in [4.78, 5) is 0. The summed E-state index contributed by atoms with van der Waals surface area (Å²) in [6.07, 6.45) is 1.56. The van der Waals surface area contributed by atoms with E-state index in [1.54, 1.807) is 12.1 Å². The molecule has 0 saturated carbocycles. The van der Waals surface area contributed by atoms with Gasteiger partial charge in [0.05, 0.1) is 46.2 Å². The maximum Gasteiger partial charge on any atom is 0.147 e. The van der Waals surface area contributed by atoms with Crippen LogP contribution >= 0.6 is 0 Å². The molecule has 2 heterocycles. The van der Waals surface area contributed by atoms with Crippen molar-refractivity contribution in [3.63, 3.8) is 0 Å². The number of benzene rings is 8. The molecule has 0 saturated heterocycles. The van der Waals surface area contributed by atoms with E-state index in [2.05, 4.69) is 246 Å². The van der Waals surface area contributed by atoms with E-state index in [0.29, 0.717) is 51.5 Å². The maximum atomic E-state index is 16.0. The van der Waals surface area contributed by atoms with Gasteiger partial charge in [0, 0.05) is 50.2 Å². The van der Waals surface area contributed by atoms with Crippen LogP contribution in [0.15, 0.2) is 133 Å². The van der Waals surface area contributed by atoms with Gasteiger partial charge in [-0.3, -0.25) is 0 Å². The highest BCUT2D eigenvalue weighted by Crippen LogP contribution is 2.51. The average Bonchev–Trinajstić information content (AvgIpc) is 1.54. The van der Waals surface area contributed by atoms with Gasteiger partial charge in [-0.2, -0.15) is 0 Å². The third-order valence-corrected chi connectivity index (χ3v) is 18.7. The Hall–Kier alpha value is -7.58. The Morgan fingerprint density at radius 3 is 1.00 bits per heavy atom. The van der Waals surface area contributed by atoms with Crippen LogP contribution in [0.5, 0.6) is 23.0 Å². The SMILES string of the molecule is CC(CCOc1ccc(F)cc1-c1cc(C(C)(C)CC(C)(C)C)cc(-n2c3ccc(C(C)(C)C)cc3c3cc(C(C)(C)C)ccc32)c1O)Oc1ccc(F)cc1-c1cc(C(C)(C)CC(C)(C)C)cc(-n2c3ccc(C(C)(C)C)cc3c3cc(C(C)(C)C)ccc32)c1O. The van der Waals surface area contributed by atoms with Crippen molar-refractivity contribution in [1.82, 2.24) is 9.13 Å². The van der Waals surface area contributed by atoms with Crippen molar-refractivity contribution in [1.29, 1.82) is 0 Å². The third-order valence-electron chi connectivity index (χ3n) is 18.7. The standard InChI is InChI=1S/C84H102F2N2O4/c1-50(92-74-35-29-58(86)47-64(74)66-43-56(84(22,23)49-78(5,6)7)45-72(76(66)90)88-69-32-26-53(81(14,15)16)40-61(69)62-41-54(82(17,18)19)27-33-70(62)88)36-37-91-73-34-28-57(85)46-63(73)65-42-55(83(20,21)48-77(2,3)4)44-71(75(65)89)87-67-30-24-51(79(8,9)10)38-59(67)60-39-52(80(11,12)13)25-31-68(60)87/h24-35,38-47,50,89-90H,36-37,48-49H2,1-23H3. The van der Waals surface area contributed by atoms with E-state index in [1.165, 1.54) is 46.5 Å². The van der Waals surface area contributed by atoms with Crippen molar-refractivity contribution in [3.05, 3.63) is 178 Å². The number of hydrogen-bond donors (Lipinski definition) is 2. The molecule has 92 heavy (non-hydrogen) atoms. The molecule has 0 aliphatic carbocycles. The van der Waals surface area contributed by atoms with Crippen LogP contribution < -0.4 is 9.47 Å². The summed E-state index contributed by atoms with van der Waals surface area (Å²) in [5.74, 6) is -0.102. The number of halogens is 2. The molecule has 10 rings (SSSR count). The van der Waals surface area contributed by atoms with E-state index < -0.39 is 17.7 Å². The van der Waals surface area contributed by atoms with Gasteiger partial charge in [-0.05, 0) is 206 Å². The summed E-state index contributed by atoms with van der Waals surface area (Å²) in [5.41, 5.74) is 12.4. The van der Waals surface area contributed by atoms with E-state index in [4.69, 9.17) is 9.47 Å². The van der Waals surface area contributed by atoms with Crippen LogP contribution in [-0.4, -0.2) is 32.1 Å². The van der Waals surface area contributed by atoms with Crippen LogP contribution in [0.3, 0.4) is 0 Å². The topological polar surface area (TPSA) is 68.8 Å². The molecule has 0 fully saturated rings. The van der Waals surface area contributed by atoms with Gasteiger partial charge in [-0.25, -0.2) is 8.78 Å². The van der Waals surface area contributed by atoms with Crippen molar-refractivity contribution in [3.8, 4) is 56.6 Å². The largest absolute Gasteiger partial charge is 0.505 e. The Morgan fingerprint density at radius 1 is 0.370 bits per heavy atom. The number of fused-ring (bicyclic) bond motifs is 6. The zero-order valence-corrected chi connectivity index (χ0v) is 59.5. The van der Waals surface area contributed by atoms with Gasteiger partial charge in [0.1, 0.15) is 34.6 Å². The second-order valence-electron chi connectivity index (χ2n) is 34.5.